The molecule has 0 unspecified atom stereocenters. The fourth-order valence-electron chi connectivity index (χ4n) is 3.64. The lowest BCUT2D eigenvalue weighted by Crippen LogP contribution is -2.21. The van der Waals surface area contributed by atoms with E-state index < -0.39 is 0 Å². The Kier molecular flexibility index (Phi) is 7.50. The molecule has 1 nitrogen and oxygen atoms in total. The van der Waals surface area contributed by atoms with E-state index in [0.29, 0.717) is 5.41 Å². The monoisotopic (exact) mass is 349 g/mol. The Hall–Kier alpha value is -2.02. The molecule has 26 heavy (non-hydrogen) atoms. The van der Waals surface area contributed by atoms with Gasteiger partial charge in [-0.25, -0.2) is 0 Å². The van der Waals surface area contributed by atoms with Gasteiger partial charge in [0.25, 0.3) is 0 Å². The molecule has 1 heteroatoms. The zero-order chi connectivity index (χ0) is 19.0. The van der Waals surface area contributed by atoms with Crippen LogP contribution in [0.3, 0.4) is 0 Å². The highest BCUT2D eigenvalue weighted by Crippen LogP contribution is 2.38. The van der Waals surface area contributed by atoms with E-state index in [1.165, 1.54) is 22.4 Å². The van der Waals surface area contributed by atoms with Gasteiger partial charge < -0.3 is 4.90 Å². The van der Waals surface area contributed by atoms with Crippen molar-refractivity contribution in [2.24, 2.45) is 5.41 Å². The molecule has 0 saturated heterocycles. The van der Waals surface area contributed by atoms with Crippen LogP contribution in [-0.2, 0) is 0 Å². The van der Waals surface area contributed by atoms with Gasteiger partial charge in [0.1, 0.15) is 0 Å². The predicted molar refractivity (Wildman–Crippen MR) is 118 cm³/mol. The van der Waals surface area contributed by atoms with Crippen LogP contribution in [0.4, 0.5) is 5.69 Å². The Morgan fingerprint density at radius 3 is 2.27 bits per heavy atom. The maximum Gasteiger partial charge on any atom is 0.0366 e. The van der Waals surface area contributed by atoms with Gasteiger partial charge in [-0.2, -0.15) is 0 Å². The molecule has 1 aromatic carbocycles. The largest absolute Gasteiger partial charge is 0.372 e. The number of anilines is 1. The molecule has 1 aliphatic rings. The molecule has 1 aromatic rings. The number of allylic oxidation sites excluding steroid dienone is 7. The Labute approximate surface area is 160 Å². The van der Waals surface area contributed by atoms with E-state index in [0.717, 1.165) is 32.4 Å². The second-order valence-corrected chi connectivity index (χ2v) is 7.91. The van der Waals surface area contributed by atoms with Crippen LogP contribution in [-0.4, -0.2) is 13.1 Å². The number of nitrogens with zero attached hydrogens (tertiary/aromatic N) is 1. The van der Waals surface area contributed by atoms with Crippen LogP contribution in [0.2, 0.25) is 0 Å². The fraction of sp³-hybridized carbons (Fsp3) is 0.440. The predicted octanol–water partition coefficient (Wildman–Crippen LogP) is 7.19. The second-order valence-electron chi connectivity index (χ2n) is 7.91. The van der Waals surface area contributed by atoms with Crippen molar-refractivity contribution in [2.75, 3.05) is 18.0 Å². The van der Waals surface area contributed by atoms with Crippen LogP contribution >= 0.6 is 0 Å². The van der Waals surface area contributed by atoms with E-state index in [1.54, 1.807) is 0 Å². The first-order valence-corrected chi connectivity index (χ1v) is 10.1. The summed E-state index contributed by atoms with van der Waals surface area (Å²) in [4.78, 5) is 2.38. The minimum absolute atomic E-state index is 0.326. The van der Waals surface area contributed by atoms with Gasteiger partial charge >= 0.3 is 0 Å². The maximum atomic E-state index is 2.38. The molecule has 0 N–H and O–H groups in total. The highest BCUT2D eigenvalue weighted by molar-refractivity contribution is 5.58. The highest BCUT2D eigenvalue weighted by atomic mass is 15.1. The van der Waals surface area contributed by atoms with E-state index in [1.807, 2.05) is 0 Å². The first-order chi connectivity index (χ1) is 12.5. The molecule has 0 saturated carbocycles. The van der Waals surface area contributed by atoms with E-state index in [-0.39, 0.29) is 0 Å². The van der Waals surface area contributed by atoms with Gasteiger partial charge in [-0.15, -0.1) is 0 Å². The molecule has 0 radical (unpaired) electrons. The first-order valence-electron chi connectivity index (χ1n) is 10.1. The van der Waals surface area contributed by atoms with Crippen LogP contribution in [0.5, 0.6) is 0 Å². The third-order valence-electron chi connectivity index (χ3n) is 4.93. The number of rotatable bonds is 7. The molecule has 0 aromatic heterocycles. The summed E-state index contributed by atoms with van der Waals surface area (Å²) in [6, 6.07) is 8.90. The molecule has 0 amide bonds. The van der Waals surface area contributed by atoms with E-state index in [9.17, 15) is 0 Å². The molecule has 2 rings (SSSR count). The van der Waals surface area contributed by atoms with Crippen LogP contribution in [0, 0.1) is 5.41 Å². The molecule has 0 fully saturated rings. The van der Waals surface area contributed by atoms with Crippen LogP contribution in [0.15, 0.2) is 65.8 Å². The van der Waals surface area contributed by atoms with Gasteiger partial charge in [-0.05, 0) is 67.4 Å². The van der Waals surface area contributed by atoms with Crippen molar-refractivity contribution in [3.8, 4) is 0 Å². The quantitative estimate of drug-likeness (QED) is 0.503. The lowest BCUT2D eigenvalue weighted by Gasteiger charge is -2.30. The third-order valence-corrected chi connectivity index (χ3v) is 4.93. The van der Waals surface area contributed by atoms with Gasteiger partial charge in [-0.3, -0.25) is 0 Å². The smallest absolute Gasteiger partial charge is 0.0366 e. The standard InChI is InChI=1S/C25H35N/c1-6-9-10-11-22-18-23(20-25(4,5)19-22)13-12-21-14-16-24(17-15-21)26(7-2)8-3/h9-18H,6-8,19-20H2,1-5H3/b10-9+,13-12+,22-11-. The number of hydrogen-bond donors (Lipinski definition) is 0. The summed E-state index contributed by atoms with van der Waals surface area (Å²) < 4.78 is 0. The van der Waals surface area contributed by atoms with Crippen molar-refractivity contribution >= 4 is 11.8 Å². The Morgan fingerprint density at radius 2 is 1.65 bits per heavy atom. The first kappa shape index (κ1) is 20.3. The van der Waals surface area contributed by atoms with Crippen molar-refractivity contribution in [1.29, 1.82) is 0 Å². The molecule has 1 aliphatic carbocycles. The summed E-state index contributed by atoms with van der Waals surface area (Å²) in [5, 5.41) is 0. The van der Waals surface area contributed by atoms with E-state index in [4.69, 9.17) is 0 Å². The van der Waals surface area contributed by atoms with Crippen LogP contribution in [0.1, 0.15) is 59.4 Å². The molecule has 0 atom stereocenters. The van der Waals surface area contributed by atoms with Crippen LogP contribution < -0.4 is 4.90 Å². The van der Waals surface area contributed by atoms with Crippen molar-refractivity contribution in [3.05, 3.63) is 71.4 Å². The molecule has 0 heterocycles. The molecular formula is C25H35N. The average molecular weight is 350 g/mol. The number of benzene rings is 1. The molecule has 0 spiro atoms. The summed E-state index contributed by atoms with van der Waals surface area (Å²) in [7, 11) is 0. The van der Waals surface area contributed by atoms with Gasteiger partial charge in [0.2, 0.25) is 0 Å². The summed E-state index contributed by atoms with van der Waals surface area (Å²) >= 11 is 0. The Morgan fingerprint density at radius 1 is 0.962 bits per heavy atom. The van der Waals surface area contributed by atoms with E-state index >= 15 is 0 Å². The molecule has 0 aliphatic heterocycles. The second kappa shape index (κ2) is 9.62. The highest BCUT2D eigenvalue weighted by Gasteiger charge is 2.24. The van der Waals surface area contributed by atoms with Gasteiger partial charge in [0, 0.05) is 18.8 Å². The minimum Gasteiger partial charge on any atom is -0.372 e. The van der Waals surface area contributed by atoms with Gasteiger partial charge in [0.15, 0.2) is 0 Å². The Bertz CT molecular complexity index is 679. The van der Waals surface area contributed by atoms with E-state index in [2.05, 4.69) is 100 Å². The molecule has 0 bridgehead atoms. The number of hydrogen-bond acceptors (Lipinski definition) is 1. The topological polar surface area (TPSA) is 3.24 Å². The summed E-state index contributed by atoms with van der Waals surface area (Å²) in [5.41, 5.74) is 5.75. The fourth-order valence-corrected chi connectivity index (χ4v) is 3.64. The van der Waals surface area contributed by atoms with Gasteiger partial charge in [-0.1, -0.05) is 69.4 Å². The van der Waals surface area contributed by atoms with Gasteiger partial charge in [0.05, 0.1) is 0 Å². The molecular weight excluding hydrogens is 314 g/mol. The summed E-state index contributed by atoms with van der Waals surface area (Å²) in [5.74, 6) is 0. The zero-order valence-electron chi connectivity index (χ0n) is 17.3. The normalized spacial score (nSPS) is 18.7. The van der Waals surface area contributed by atoms with Crippen LogP contribution in [0.25, 0.3) is 6.08 Å². The summed E-state index contributed by atoms with van der Waals surface area (Å²) in [6.45, 7) is 13.4. The minimum atomic E-state index is 0.326. The third kappa shape index (κ3) is 6.05. The maximum absolute atomic E-state index is 2.38. The van der Waals surface area contributed by atoms with Crippen molar-refractivity contribution in [3.63, 3.8) is 0 Å². The van der Waals surface area contributed by atoms with Crippen molar-refractivity contribution < 1.29 is 0 Å². The molecule has 140 valence electrons. The van der Waals surface area contributed by atoms with Crippen molar-refractivity contribution in [1.82, 2.24) is 0 Å². The summed E-state index contributed by atoms with van der Waals surface area (Å²) in [6.07, 6.45) is 17.0. The Balaban J connectivity index is 2.14. The van der Waals surface area contributed by atoms with Crippen molar-refractivity contribution in [2.45, 2.75) is 53.9 Å². The lowest BCUT2D eigenvalue weighted by atomic mass is 9.75. The average Bonchev–Trinajstić information content (AvgIpc) is 2.61. The SMILES string of the molecule is CC/C=C/C=C1C=C(/C=C/c2ccc(N(CC)CC)cc2)CC(C)(C)C/1. The lowest BCUT2D eigenvalue weighted by molar-refractivity contribution is 0.355. The zero-order valence-corrected chi connectivity index (χ0v) is 17.3.